The van der Waals surface area contributed by atoms with Gasteiger partial charge in [0.2, 0.25) is 0 Å². The van der Waals surface area contributed by atoms with Crippen molar-refractivity contribution in [3.63, 3.8) is 0 Å². The highest BCUT2D eigenvalue weighted by atomic mass is 35.7. The van der Waals surface area contributed by atoms with E-state index in [4.69, 9.17) is 20.2 Å². The maximum Gasteiger partial charge on any atom is 0.338 e. The molecule has 0 spiro atoms. The number of ether oxygens (including phenoxy) is 2. The van der Waals surface area contributed by atoms with Crippen LogP contribution in [0.4, 0.5) is 0 Å². The standard InChI is InChI=1S/C14H19ClO5S/c1-4-11-5-6-12(21(15,17)18)9-13(11)14(16)20-8-7-19-10(2)3/h5-6,9-10H,4,7-8H2,1-3H3. The van der Waals surface area contributed by atoms with Crippen molar-refractivity contribution >= 4 is 25.7 Å². The van der Waals surface area contributed by atoms with E-state index in [1.165, 1.54) is 12.1 Å². The number of rotatable bonds is 7. The van der Waals surface area contributed by atoms with Crippen molar-refractivity contribution < 1.29 is 22.7 Å². The van der Waals surface area contributed by atoms with Crippen LogP contribution < -0.4 is 0 Å². The second-order valence-electron chi connectivity index (χ2n) is 4.67. The van der Waals surface area contributed by atoms with Crippen LogP contribution in [0, 0.1) is 0 Å². The van der Waals surface area contributed by atoms with Crippen molar-refractivity contribution in [1.29, 1.82) is 0 Å². The summed E-state index contributed by atoms with van der Waals surface area (Å²) in [5.41, 5.74) is 0.914. The zero-order valence-electron chi connectivity index (χ0n) is 12.3. The molecule has 0 aliphatic carbocycles. The Labute approximate surface area is 129 Å². The molecule has 0 aromatic heterocycles. The number of carbonyl (C=O) groups excluding carboxylic acids is 1. The minimum absolute atomic E-state index is 0.0552. The van der Waals surface area contributed by atoms with Crippen molar-refractivity contribution in [3.05, 3.63) is 29.3 Å². The molecule has 0 fully saturated rings. The Bertz CT molecular complexity index is 595. The average Bonchev–Trinajstić information content (AvgIpc) is 2.41. The summed E-state index contributed by atoms with van der Waals surface area (Å²) in [6.07, 6.45) is 0.634. The van der Waals surface area contributed by atoms with Crippen LogP contribution in [0.15, 0.2) is 23.1 Å². The first-order valence-electron chi connectivity index (χ1n) is 6.62. The van der Waals surface area contributed by atoms with Crippen LogP contribution >= 0.6 is 10.7 Å². The topological polar surface area (TPSA) is 69.7 Å². The van der Waals surface area contributed by atoms with Crippen molar-refractivity contribution in [2.24, 2.45) is 0 Å². The molecule has 0 saturated carbocycles. The predicted octanol–water partition coefficient (Wildman–Crippen LogP) is 2.76. The van der Waals surface area contributed by atoms with E-state index in [9.17, 15) is 13.2 Å². The van der Waals surface area contributed by atoms with Crippen LogP contribution in [0.5, 0.6) is 0 Å². The number of hydrogen-bond donors (Lipinski definition) is 0. The van der Waals surface area contributed by atoms with Gasteiger partial charge >= 0.3 is 5.97 Å². The summed E-state index contributed by atoms with van der Waals surface area (Å²) >= 11 is 0. The van der Waals surface area contributed by atoms with Gasteiger partial charge in [0.05, 0.1) is 23.2 Å². The molecule has 1 aromatic carbocycles. The van der Waals surface area contributed by atoms with Gasteiger partial charge in [-0.25, -0.2) is 13.2 Å². The average molecular weight is 335 g/mol. The van der Waals surface area contributed by atoms with Crippen LogP contribution in [-0.4, -0.2) is 33.7 Å². The van der Waals surface area contributed by atoms with Gasteiger partial charge in [-0.05, 0) is 38.0 Å². The number of hydrogen-bond acceptors (Lipinski definition) is 5. The molecule has 5 nitrogen and oxygen atoms in total. The lowest BCUT2D eigenvalue weighted by molar-refractivity contribution is 0.0176. The first-order chi connectivity index (χ1) is 9.75. The van der Waals surface area contributed by atoms with E-state index in [-0.39, 0.29) is 23.2 Å². The number of carbonyl (C=O) groups is 1. The molecule has 0 saturated heterocycles. The van der Waals surface area contributed by atoms with Crippen molar-refractivity contribution in [2.45, 2.75) is 38.2 Å². The zero-order valence-corrected chi connectivity index (χ0v) is 13.8. The molecule has 0 aliphatic rings. The Hall–Kier alpha value is -1.11. The molecule has 7 heteroatoms. The highest BCUT2D eigenvalue weighted by molar-refractivity contribution is 8.13. The SMILES string of the molecule is CCc1ccc(S(=O)(=O)Cl)cc1C(=O)OCCOC(C)C. The van der Waals surface area contributed by atoms with Crippen LogP contribution in [-0.2, 0) is 24.9 Å². The lowest BCUT2D eigenvalue weighted by atomic mass is 10.1. The summed E-state index contributed by atoms with van der Waals surface area (Å²) in [4.78, 5) is 11.9. The Balaban J connectivity index is 2.86. The fraction of sp³-hybridized carbons (Fsp3) is 0.500. The quantitative estimate of drug-likeness (QED) is 0.435. The van der Waals surface area contributed by atoms with Crippen molar-refractivity contribution in [3.8, 4) is 0 Å². The van der Waals surface area contributed by atoms with Gasteiger partial charge in [0.25, 0.3) is 9.05 Å². The number of esters is 1. The smallest absolute Gasteiger partial charge is 0.338 e. The zero-order chi connectivity index (χ0) is 16.0. The number of aryl methyl sites for hydroxylation is 1. The molecule has 1 rings (SSSR count). The molecule has 0 amide bonds. The molecule has 0 unspecified atom stereocenters. The third kappa shape index (κ3) is 5.65. The summed E-state index contributed by atoms with van der Waals surface area (Å²) in [6.45, 7) is 6.02. The molecule has 0 atom stereocenters. The molecule has 118 valence electrons. The molecule has 0 radical (unpaired) electrons. The maximum absolute atomic E-state index is 12.0. The first kappa shape index (κ1) is 17.9. The molecule has 0 bridgehead atoms. The summed E-state index contributed by atoms with van der Waals surface area (Å²) in [5, 5.41) is 0. The molecule has 0 aliphatic heterocycles. The van der Waals surface area contributed by atoms with E-state index in [1.807, 2.05) is 20.8 Å². The fourth-order valence-corrected chi connectivity index (χ4v) is 2.48. The summed E-state index contributed by atoms with van der Waals surface area (Å²) in [5.74, 6) is -0.582. The van der Waals surface area contributed by atoms with Gasteiger partial charge in [0, 0.05) is 10.7 Å². The van der Waals surface area contributed by atoms with Gasteiger partial charge in [-0.15, -0.1) is 0 Å². The van der Waals surface area contributed by atoms with Gasteiger partial charge < -0.3 is 9.47 Å². The van der Waals surface area contributed by atoms with Gasteiger partial charge in [-0.2, -0.15) is 0 Å². The van der Waals surface area contributed by atoms with Gasteiger partial charge in [-0.1, -0.05) is 13.0 Å². The minimum atomic E-state index is -3.88. The van der Waals surface area contributed by atoms with E-state index < -0.39 is 15.0 Å². The second kappa shape index (κ2) is 7.77. The molecular weight excluding hydrogens is 316 g/mol. The van der Waals surface area contributed by atoms with Gasteiger partial charge in [0.15, 0.2) is 0 Å². The van der Waals surface area contributed by atoms with Crippen LogP contribution in [0.25, 0.3) is 0 Å². The third-order valence-electron chi connectivity index (χ3n) is 2.73. The van der Waals surface area contributed by atoms with Gasteiger partial charge in [-0.3, -0.25) is 0 Å². The summed E-state index contributed by atoms with van der Waals surface area (Å²) in [6, 6.07) is 4.18. The van der Waals surface area contributed by atoms with E-state index in [0.29, 0.717) is 18.6 Å². The highest BCUT2D eigenvalue weighted by Gasteiger charge is 2.17. The van der Waals surface area contributed by atoms with Crippen LogP contribution in [0.3, 0.4) is 0 Å². The lowest BCUT2D eigenvalue weighted by Gasteiger charge is -2.11. The monoisotopic (exact) mass is 334 g/mol. The fourth-order valence-electron chi connectivity index (χ4n) is 1.70. The molecule has 21 heavy (non-hydrogen) atoms. The lowest BCUT2D eigenvalue weighted by Crippen LogP contribution is -2.15. The Morgan fingerprint density at radius 1 is 1.29 bits per heavy atom. The van der Waals surface area contributed by atoms with Crippen LogP contribution in [0.1, 0.15) is 36.7 Å². The number of halogens is 1. The second-order valence-corrected chi connectivity index (χ2v) is 7.23. The van der Waals surface area contributed by atoms with E-state index in [2.05, 4.69) is 0 Å². The number of benzene rings is 1. The largest absolute Gasteiger partial charge is 0.460 e. The van der Waals surface area contributed by atoms with Crippen molar-refractivity contribution in [2.75, 3.05) is 13.2 Å². The Morgan fingerprint density at radius 3 is 2.48 bits per heavy atom. The third-order valence-corrected chi connectivity index (χ3v) is 4.08. The normalized spacial score (nSPS) is 11.7. The van der Waals surface area contributed by atoms with Crippen molar-refractivity contribution in [1.82, 2.24) is 0 Å². The van der Waals surface area contributed by atoms with E-state index in [1.54, 1.807) is 6.07 Å². The Kier molecular flexibility index (Phi) is 6.64. The maximum atomic E-state index is 12.0. The minimum Gasteiger partial charge on any atom is -0.460 e. The molecule has 0 N–H and O–H groups in total. The molecular formula is C14H19ClO5S. The predicted molar refractivity (Wildman–Crippen MR) is 80.2 cm³/mol. The van der Waals surface area contributed by atoms with E-state index >= 15 is 0 Å². The highest BCUT2D eigenvalue weighted by Crippen LogP contribution is 2.20. The molecule has 0 heterocycles. The van der Waals surface area contributed by atoms with E-state index in [0.717, 1.165) is 0 Å². The first-order valence-corrected chi connectivity index (χ1v) is 8.93. The summed E-state index contributed by atoms with van der Waals surface area (Å²) in [7, 11) is 1.41. The van der Waals surface area contributed by atoms with Gasteiger partial charge in [0.1, 0.15) is 6.61 Å². The molecule has 1 aromatic rings. The Morgan fingerprint density at radius 2 is 1.95 bits per heavy atom. The summed E-state index contributed by atoms with van der Waals surface area (Å²) < 4.78 is 33.0. The van der Waals surface area contributed by atoms with Crippen LogP contribution in [0.2, 0.25) is 0 Å².